The molecular formula is C6H10NO2PS. The number of isothiocyanates is 1. The minimum absolute atomic E-state index is 0.103. The van der Waals surface area contributed by atoms with Crippen molar-refractivity contribution in [2.75, 3.05) is 6.16 Å². The van der Waals surface area contributed by atoms with E-state index in [0.717, 1.165) is 5.57 Å². The van der Waals surface area contributed by atoms with Gasteiger partial charge < -0.3 is 4.89 Å². The van der Waals surface area contributed by atoms with Crippen LogP contribution in [0.2, 0.25) is 0 Å². The van der Waals surface area contributed by atoms with Crippen molar-refractivity contribution >= 4 is 24.9 Å². The van der Waals surface area contributed by atoms with Crippen molar-refractivity contribution in [2.45, 2.75) is 13.3 Å². The number of thiocarbonyl (C=S) groups is 1. The number of rotatable bonds is 4. The Labute approximate surface area is 71.4 Å². The molecule has 1 unspecified atom stereocenters. The van der Waals surface area contributed by atoms with Gasteiger partial charge in [0, 0.05) is 6.16 Å². The number of hydrogen-bond acceptors (Lipinski definition) is 2. The van der Waals surface area contributed by atoms with Crippen molar-refractivity contribution in [2.24, 2.45) is 4.76 Å². The highest BCUT2D eigenvalue weighted by Gasteiger charge is 2.14. The molecule has 0 aliphatic carbocycles. The van der Waals surface area contributed by atoms with Gasteiger partial charge in [-0.15, -0.1) is 11.3 Å². The molecule has 0 amide bonds. The van der Waals surface area contributed by atoms with Gasteiger partial charge in [0.05, 0.1) is 5.16 Å². The van der Waals surface area contributed by atoms with E-state index in [9.17, 15) is 4.57 Å². The highest BCUT2D eigenvalue weighted by molar-refractivity contribution is 7.78. The van der Waals surface area contributed by atoms with Gasteiger partial charge in [-0.2, -0.15) is 0 Å². The Kier molecular flexibility index (Phi) is 4.46. The molecule has 1 N–H and O–H groups in total. The molecule has 0 heterocycles. The van der Waals surface area contributed by atoms with Crippen LogP contribution in [0.1, 0.15) is 13.3 Å². The van der Waals surface area contributed by atoms with Gasteiger partial charge in [-0.25, -0.2) is 0 Å². The van der Waals surface area contributed by atoms with Gasteiger partial charge in [-0.1, -0.05) is 5.57 Å². The summed E-state index contributed by atoms with van der Waals surface area (Å²) in [5, 5.41) is 1.90. The molecule has 1 atom stereocenters. The Morgan fingerprint density at radius 2 is 2.45 bits per heavy atom. The molecule has 11 heavy (non-hydrogen) atoms. The minimum atomic E-state index is -3.40. The molecule has 0 spiro atoms. The minimum Gasteiger partial charge on any atom is -0.328 e. The lowest BCUT2D eigenvalue weighted by atomic mass is 10.3. The average molecular weight is 191 g/mol. The zero-order valence-corrected chi connectivity index (χ0v) is 7.99. The third kappa shape index (κ3) is 6.14. The second-order valence-electron chi connectivity index (χ2n) is 2.29. The molecule has 0 radical (unpaired) electrons. The van der Waals surface area contributed by atoms with Crippen LogP contribution in [-0.2, 0) is 4.57 Å². The quantitative estimate of drug-likeness (QED) is 0.321. The molecule has 62 valence electrons. The highest BCUT2D eigenvalue weighted by Crippen LogP contribution is 2.42. The second kappa shape index (κ2) is 4.58. The predicted octanol–water partition coefficient (Wildman–Crippen LogP) is 2.24. The summed E-state index contributed by atoms with van der Waals surface area (Å²) in [6.07, 6.45) is 0.597. The molecular weight excluding hydrogens is 181 g/mol. The molecule has 0 aromatic carbocycles. The van der Waals surface area contributed by atoms with Crippen molar-refractivity contribution in [1.82, 2.24) is 0 Å². The number of allylic oxidation sites excluding steroid dienone is 1. The van der Waals surface area contributed by atoms with Gasteiger partial charge in [-0.3, -0.25) is 4.57 Å². The topological polar surface area (TPSA) is 49.7 Å². The largest absolute Gasteiger partial charge is 0.328 e. The lowest BCUT2D eigenvalue weighted by Gasteiger charge is -2.02. The van der Waals surface area contributed by atoms with Gasteiger partial charge in [0.25, 0.3) is 0 Å². The average Bonchev–Trinajstić information content (AvgIpc) is 1.84. The van der Waals surface area contributed by atoms with Crippen molar-refractivity contribution in [3.8, 4) is 0 Å². The summed E-state index contributed by atoms with van der Waals surface area (Å²) in [5.74, 6) is 0. The maximum Gasteiger partial charge on any atom is 0.320 e. The van der Waals surface area contributed by atoms with E-state index < -0.39 is 7.52 Å². The normalized spacial score (nSPS) is 14.7. The van der Waals surface area contributed by atoms with Crippen LogP contribution < -0.4 is 0 Å². The van der Waals surface area contributed by atoms with Crippen LogP contribution in [0, 0.1) is 0 Å². The first kappa shape index (κ1) is 10.7. The fourth-order valence-electron chi connectivity index (χ4n) is 0.450. The first-order valence-electron chi connectivity index (χ1n) is 3.03. The Hall–Kier alpha value is -0.270. The second-order valence-corrected chi connectivity index (χ2v) is 4.45. The monoisotopic (exact) mass is 191 g/mol. The van der Waals surface area contributed by atoms with Gasteiger partial charge >= 0.3 is 7.52 Å². The maximum absolute atomic E-state index is 10.9. The Morgan fingerprint density at radius 1 is 1.91 bits per heavy atom. The van der Waals surface area contributed by atoms with Gasteiger partial charge in [0.15, 0.2) is 0 Å². The molecule has 0 aliphatic heterocycles. The van der Waals surface area contributed by atoms with Gasteiger partial charge in [-0.05, 0) is 25.6 Å². The summed E-state index contributed by atoms with van der Waals surface area (Å²) in [7, 11) is -3.40. The van der Waals surface area contributed by atoms with Crippen molar-refractivity contribution in [1.29, 1.82) is 0 Å². The zero-order valence-electron chi connectivity index (χ0n) is 6.28. The van der Waals surface area contributed by atoms with Crippen LogP contribution in [0.15, 0.2) is 16.9 Å². The molecule has 3 nitrogen and oxygen atoms in total. The summed E-state index contributed by atoms with van der Waals surface area (Å²) in [4.78, 5) is 8.98. The van der Waals surface area contributed by atoms with E-state index in [-0.39, 0.29) is 6.16 Å². The van der Waals surface area contributed by atoms with E-state index in [1.165, 1.54) is 0 Å². The zero-order chi connectivity index (χ0) is 8.91. The van der Waals surface area contributed by atoms with Crippen LogP contribution in [0.25, 0.3) is 0 Å². The maximum atomic E-state index is 10.9. The Bertz CT molecular complexity index is 245. The third-order valence-corrected chi connectivity index (χ3v) is 2.47. The molecule has 0 bridgehead atoms. The van der Waals surface area contributed by atoms with Crippen LogP contribution in [0.4, 0.5) is 0 Å². The predicted molar refractivity (Wildman–Crippen MR) is 49.1 cm³/mol. The third-order valence-electron chi connectivity index (χ3n) is 1.03. The van der Waals surface area contributed by atoms with E-state index in [1.54, 1.807) is 6.92 Å². The van der Waals surface area contributed by atoms with Crippen molar-refractivity contribution < 1.29 is 9.46 Å². The Balaban J connectivity index is 4.03. The summed E-state index contributed by atoms with van der Waals surface area (Å²) in [5.41, 5.74) is 0.860. The van der Waals surface area contributed by atoms with Gasteiger partial charge in [0.1, 0.15) is 0 Å². The molecule has 0 fully saturated rings. The SMILES string of the molecule is C=C(C)CCP(=O)(O)N=C=S. The fraction of sp³-hybridized carbons (Fsp3) is 0.500. The van der Waals surface area contributed by atoms with Crippen LogP contribution in [0.3, 0.4) is 0 Å². The Morgan fingerprint density at radius 3 is 2.82 bits per heavy atom. The first-order chi connectivity index (χ1) is 4.98. The summed E-state index contributed by atoms with van der Waals surface area (Å²) < 4.78 is 14.1. The summed E-state index contributed by atoms with van der Waals surface area (Å²) in [6, 6.07) is 0. The van der Waals surface area contributed by atoms with E-state index in [0.29, 0.717) is 6.42 Å². The standard InChI is InChI=1S/C6H10NO2PS/c1-6(2)3-4-10(8,9)7-5-11/h1,3-4H2,2H3,(H,8,9). The van der Waals surface area contributed by atoms with E-state index in [4.69, 9.17) is 4.89 Å². The highest BCUT2D eigenvalue weighted by atomic mass is 32.1. The van der Waals surface area contributed by atoms with Crippen LogP contribution in [-0.4, -0.2) is 16.2 Å². The molecule has 0 aromatic rings. The lowest BCUT2D eigenvalue weighted by Crippen LogP contribution is -1.86. The number of hydrogen-bond donors (Lipinski definition) is 1. The molecule has 0 aliphatic rings. The van der Waals surface area contributed by atoms with Crippen LogP contribution in [0.5, 0.6) is 0 Å². The van der Waals surface area contributed by atoms with Crippen molar-refractivity contribution in [3.05, 3.63) is 12.2 Å². The lowest BCUT2D eigenvalue weighted by molar-refractivity contribution is 0.479. The first-order valence-corrected chi connectivity index (χ1v) is 5.24. The van der Waals surface area contributed by atoms with E-state index in [2.05, 4.69) is 23.6 Å². The van der Waals surface area contributed by atoms with Crippen molar-refractivity contribution in [3.63, 3.8) is 0 Å². The summed E-state index contributed by atoms with van der Waals surface area (Å²) in [6.45, 7) is 5.39. The molecule has 0 rings (SSSR count). The summed E-state index contributed by atoms with van der Waals surface area (Å²) >= 11 is 4.21. The molecule has 0 saturated heterocycles. The van der Waals surface area contributed by atoms with Crippen LogP contribution >= 0.6 is 19.7 Å². The van der Waals surface area contributed by atoms with Gasteiger partial charge in [0.2, 0.25) is 0 Å². The molecule has 0 aromatic heterocycles. The number of nitrogens with zero attached hydrogens (tertiary/aromatic N) is 1. The molecule has 5 heteroatoms. The fourth-order valence-corrected chi connectivity index (χ4v) is 1.73. The smallest absolute Gasteiger partial charge is 0.320 e. The van der Waals surface area contributed by atoms with E-state index in [1.807, 2.05) is 5.16 Å². The molecule has 0 saturated carbocycles. The van der Waals surface area contributed by atoms with E-state index >= 15 is 0 Å².